The van der Waals surface area contributed by atoms with E-state index in [1.165, 1.54) is 12.1 Å². The van der Waals surface area contributed by atoms with Crippen LogP contribution in [0.4, 0.5) is 0 Å². The highest BCUT2D eigenvalue weighted by atomic mass is 35.5. The maximum atomic E-state index is 13.0. The summed E-state index contributed by atoms with van der Waals surface area (Å²) in [6, 6.07) is 5.96. The lowest BCUT2D eigenvalue weighted by Gasteiger charge is -2.24. The number of benzene rings is 2. The number of phenols is 2. The van der Waals surface area contributed by atoms with E-state index in [1.807, 2.05) is 0 Å². The lowest BCUT2D eigenvalue weighted by Crippen LogP contribution is -2.57. The third kappa shape index (κ3) is 6.83. The van der Waals surface area contributed by atoms with E-state index < -0.39 is 42.0 Å². The number of halogens is 1. The maximum Gasteiger partial charge on any atom is 0.243 e. The SMILES string of the molecule is Cl.NC[C@H](O)C[C@@H]1NC(=O)[C@@H](N)Cc2cc(ccc2O)-c2ccc(O)c(c2)C[C@@H](C(N)=O)NC1=O. The number of phenolic OH excluding ortho intramolecular Hbond substituents is 2. The highest BCUT2D eigenvalue weighted by molar-refractivity contribution is 5.93. The second-order valence-electron chi connectivity index (χ2n) is 8.35. The largest absolute Gasteiger partial charge is 0.508 e. The fourth-order valence-electron chi connectivity index (χ4n) is 3.78. The minimum atomic E-state index is -1.26. The fourth-order valence-corrected chi connectivity index (χ4v) is 3.78. The smallest absolute Gasteiger partial charge is 0.243 e. The Morgan fingerprint density at radius 1 is 0.971 bits per heavy atom. The molecule has 190 valence electrons. The molecule has 2 aromatic rings. The molecule has 11 nitrogen and oxygen atoms in total. The van der Waals surface area contributed by atoms with E-state index in [1.54, 1.807) is 24.3 Å². The summed E-state index contributed by atoms with van der Waals surface area (Å²) in [5.74, 6) is -2.48. The van der Waals surface area contributed by atoms with Crippen LogP contribution in [-0.4, -0.2) is 63.8 Å². The first-order chi connectivity index (χ1) is 16.1. The number of nitrogens with two attached hydrogens (primary N) is 3. The molecule has 4 bridgehead atoms. The minimum absolute atomic E-state index is 0. The summed E-state index contributed by atoms with van der Waals surface area (Å²) in [6.07, 6.45) is -1.49. The van der Waals surface area contributed by atoms with Crippen LogP contribution in [0.15, 0.2) is 36.4 Å². The van der Waals surface area contributed by atoms with Gasteiger partial charge in [-0.1, -0.05) is 12.1 Å². The summed E-state index contributed by atoms with van der Waals surface area (Å²) in [4.78, 5) is 37.8. The number of carbonyl (C=O) groups is 3. The van der Waals surface area contributed by atoms with Crippen molar-refractivity contribution in [1.29, 1.82) is 0 Å². The average molecular weight is 508 g/mol. The van der Waals surface area contributed by atoms with E-state index in [0.717, 1.165) is 0 Å². The summed E-state index contributed by atoms with van der Waals surface area (Å²) < 4.78 is 0. The Kier molecular flexibility index (Phi) is 9.43. The number of hydrogen-bond acceptors (Lipinski definition) is 8. The molecule has 0 saturated carbocycles. The first-order valence-corrected chi connectivity index (χ1v) is 10.8. The standard InChI is InChI=1S/C23H29N5O6.ClH/c24-10-15(29)9-18-23(34)27-17(21(26)32)8-14-6-12(2-4-20(14)31)11-1-3-19(30)13(5-11)7-16(25)22(33)28-18;/h1-6,15-18,29-31H,7-10,24-25H2,(H2,26,32)(H,27,34)(H,28,33);1H/t15-,16+,17+,18+;/m1./s1. The van der Waals surface area contributed by atoms with Gasteiger partial charge in [-0.25, -0.2) is 0 Å². The molecule has 3 amide bonds. The zero-order chi connectivity index (χ0) is 25.0. The summed E-state index contributed by atoms with van der Waals surface area (Å²) in [5.41, 5.74) is 19.1. The Bertz CT molecular complexity index is 1100. The van der Waals surface area contributed by atoms with Gasteiger partial charge in [0.05, 0.1) is 12.1 Å². The second kappa shape index (κ2) is 11.8. The van der Waals surface area contributed by atoms with Gasteiger partial charge in [-0.15, -0.1) is 12.4 Å². The third-order valence-electron chi connectivity index (χ3n) is 5.77. The van der Waals surface area contributed by atoms with Crippen LogP contribution >= 0.6 is 12.4 Å². The zero-order valence-corrected chi connectivity index (χ0v) is 19.6. The fraction of sp³-hybridized carbons (Fsp3) is 0.348. The number of aromatic hydroxyl groups is 2. The number of primary amides is 1. The molecule has 0 aromatic heterocycles. The van der Waals surface area contributed by atoms with Crippen LogP contribution in [0.25, 0.3) is 11.1 Å². The molecule has 0 fully saturated rings. The predicted octanol–water partition coefficient (Wildman–Crippen LogP) is -1.22. The summed E-state index contributed by atoms with van der Waals surface area (Å²) in [7, 11) is 0. The number of fused-ring (bicyclic) bond motifs is 5. The molecule has 0 aliphatic carbocycles. The molecule has 35 heavy (non-hydrogen) atoms. The van der Waals surface area contributed by atoms with Crippen molar-refractivity contribution in [2.45, 2.75) is 43.5 Å². The van der Waals surface area contributed by atoms with Crippen LogP contribution in [0.5, 0.6) is 11.5 Å². The van der Waals surface area contributed by atoms with Crippen LogP contribution < -0.4 is 27.8 Å². The maximum absolute atomic E-state index is 13.0. The molecule has 1 aliphatic rings. The van der Waals surface area contributed by atoms with Crippen molar-refractivity contribution in [1.82, 2.24) is 10.6 Å². The Morgan fingerprint density at radius 2 is 1.51 bits per heavy atom. The van der Waals surface area contributed by atoms with Crippen molar-refractivity contribution in [2.75, 3.05) is 6.54 Å². The quantitative estimate of drug-likeness (QED) is 0.250. The van der Waals surface area contributed by atoms with E-state index >= 15 is 0 Å². The number of hydrogen-bond donors (Lipinski definition) is 8. The van der Waals surface area contributed by atoms with Crippen LogP contribution in [0.2, 0.25) is 0 Å². The normalized spacial score (nSPS) is 21.4. The van der Waals surface area contributed by atoms with E-state index in [0.29, 0.717) is 22.3 Å². The van der Waals surface area contributed by atoms with Crippen LogP contribution in [0.3, 0.4) is 0 Å². The van der Waals surface area contributed by atoms with Gasteiger partial charge < -0.3 is 43.2 Å². The molecule has 11 N–H and O–H groups in total. The minimum Gasteiger partial charge on any atom is -0.508 e. The monoisotopic (exact) mass is 507 g/mol. The molecule has 0 spiro atoms. The summed E-state index contributed by atoms with van der Waals surface area (Å²) in [5, 5.41) is 35.6. The Labute approximate surface area is 208 Å². The molecule has 3 rings (SSSR count). The van der Waals surface area contributed by atoms with Gasteiger partial charge in [0.2, 0.25) is 17.7 Å². The lowest BCUT2D eigenvalue weighted by molar-refractivity contribution is -0.132. The number of carbonyl (C=O) groups excluding carboxylic acids is 3. The van der Waals surface area contributed by atoms with Gasteiger partial charge in [0, 0.05) is 25.8 Å². The number of aliphatic hydroxyl groups is 1. The zero-order valence-electron chi connectivity index (χ0n) is 18.8. The van der Waals surface area contributed by atoms with E-state index in [2.05, 4.69) is 10.6 Å². The van der Waals surface area contributed by atoms with Gasteiger partial charge in [-0.3, -0.25) is 14.4 Å². The van der Waals surface area contributed by atoms with Crippen molar-refractivity contribution < 1.29 is 29.7 Å². The number of aliphatic hydroxyl groups excluding tert-OH is 1. The highest BCUT2D eigenvalue weighted by Gasteiger charge is 2.30. The Balaban J connectivity index is 0.00000432. The molecule has 2 aromatic carbocycles. The average Bonchev–Trinajstić information content (AvgIpc) is 2.79. The Hall–Kier alpha value is -3.38. The van der Waals surface area contributed by atoms with Crippen LogP contribution in [-0.2, 0) is 27.2 Å². The predicted molar refractivity (Wildman–Crippen MR) is 131 cm³/mol. The first kappa shape index (κ1) is 27.9. The molecule has 0 saturated heterocycles. The van der Waals surface area contributed by atoms with Crippen molar-refractivity contribution in [3.63, 3.8) is 0 Å². The van der Waals surface area contributed by atoms with E-state index in [9.17, 15) is 29.7 Å². The van der Waals surface area contributed by atoms with Crippen molar-refractivity contribution >= 4 is 30.1 Å². The van der Waals surface area contributed by atoms with Gasteiger partial charge in [0.25, 0.3) is 0 Å². The molecule has 0 unspecified atom stereocenters. The Morgan fingerprint density at radius 3 is 2.03 bits per heavy atom. The van der Waals surface area contributed by atoms with Crippen LogP contribution in [0, 0.1) is 0 Å². The van der Waals surface area contributed by atoms with Gasteiger partial charge in [0.15, 0.2) is 0 Å². The molecule has 1 heterocycles. The molecule has 4 atom stereocenters. The molecule has 0 radical (unpaired) electrons. The molecule has 1 aliphatic heterocycles. The van der Waals surface area contributed by atoms with Crippen molar-refractivity contribution in [2.24, 2.45) is 17.2 Å². The van der Waals surface area contributed by atoms with Gasteiger partial charge in [-0.2, -0.15) is 0 Å². The summed E-state index contributed by atoms with van der Waals surface area (Å²) in [6.45, 7) is -0.160. The number of rotatable bonds is 4. The summed E-state index contributed by atoms with van der Waals surface area (Å²) >= 11 is 0. The van der Waals surface area contributed by atoms with Gasteiger partial charge in [-0.05, 0) is 46.5 Å². The third-order valence-corrected chi connectivity index (χ3v) is 5.77. The van der Waals surface area contributed by atoms with Gasteiger partial charge >= 0.3 is 0 Å². The molecular weight excluding hydrogens is 478 g/mol. The van der Waals surface area contributed by atoms with Gasteiger partial charge in [0.1, 0.15) is 23.6 Å². The van der Waals surface area contributed by atoms with Crippen molar-refractivity contribution in [3.05, 3.63) is 47.5 Å². The second-order valence-corrected chi connectivity index (χ2v) is 8.35. The highest BCUT2D eigenvalue weighted by Crippen LogP contribution is 2.30. The van der Waals surface area contributed by atoms with Crippen LogP contribution in [0.1, 0.15) is 17.5 Å². The first-order valence-electron chi connectivity index (χ1n) is 10.8. The molecule has 12 heteroatoms. The molecular formula is C23H30ClN5O6. The number of nitrogens with one attached hydrogen (secondary N) is 2. The van der Waals surface area contributed by atoms with E-state index in [4.69, 9.17) is 17.2 Å². The van der Waals surface area contributed by atoms with E-state index in [-0.39, 0.29) is 49.7 Å². The lowest BCUT2D eigenvalue weighted by atomic mass is 9.95. The van der Waals surface area contributed by atoms with Crippen molar-refractivity contribution in [3.8, 4) is 22.6 Å². The number of amides is 3. The topological polar surface area (TPSA) is 214 Å².